The highest BCUT2D eigenvalue weighted by Crippen LogP contribution is 2.27. The van der Waals surface area contributed by atoms with E-state index in [4.69, 9.17) is 10.00 Å². The van der Waals surface area contributed by atoms with Crippen LogP contribution in [-0.2, 0) is 9.53 Å². The van der Waals surface area contributed by atoms with Gasteiger partial charge >= 0.3 is 5.97 Å². The van der Waals surface area contributed by atoms with Gasteiger partial charge in [-0.3, -0.25) is 9.78 Å². The van der Waals surface area contributed by atoms with Gasteiger partial charge in [0.05, 0.1) is 18.4 Å². The molecule has 0 amide bonds. The van der Waals surface area contributed by atoms with Crippen LogP contribution >= 0.6 is 11.3 Å². The Hall–Kier alpha value is -1.93. The average Bonchev–Trinajstić information content (AvgIpc) is 2.79. The maximum Gasteiger partial charge on any atom is 0.329 e. The molecule has 4 nitrogen and oxygen atoms in total. The van der Waals surface area contributed by atoms with Gasteiger partial charge in [0.25, 0.3) is 0 Å². The lowest BCUT2D eigenvalue weighted by Crippen LogP contribution is -2.15. The summed E-state index contributed by atoms with van der Waals surface area (Å²) >= 11 is 1.55. The summed E-state index contributed by atoms with van der Waals surface area (Å²) in [4.78, 5) is 15.8. The second-order valence-corrected chi connectivity index (χ2v) is 4.29. The summed E-state index contributed by atoms with van der Waals surface area (Å²) in [6.45, 7) is 1.97. The highest BCUT2D eigenvalue weighted by atomic mass is 32.1. The largest absolute Gasteiger partial charge is 0.465 e. The normalized spacial score (nSPS) is 12.0. The van der Waals surface area contributed by atoms with E-state index < -0.39 is 11.9 Å². The second-order valence-electron chi connectivity index (χ2n) is 3.34. The van der Waals surface area contributed by atoms with E-state index in [0.29, 0.717) is 5.69 Å². The van der Waals surface area contributed by atoms with Crippen LogP contribution in [0.1, 0.15) is 18.5 Å². The van der Waals surface area contributed by atoms with Crippen molar-refractivity contribution in [3.63, 3.8) is 0 Å². The lowest BCUT2D eigenvalue weighted by atomic mass is 10.0. The van der Waals surface area contributed by atoms with Crippen molar-refractivity contribution in [3.05, 3.63) is 29.4 Å². The number of esters is 1. The predicted octanol–water partition coefficient (Wildman–Crippen LogP) is 2.47. The van der Waals surface area contributed by atoms with E-state index in [9.17, 15) is 4.79 Å². The van der Waals surface area contributed by atoms with Gasteiger partial charge in [0.1, 0.15) is 0 Å². The molecular weight excluding hydrogens is 236 g/mol. The van der Waals surface area contributed by atoms with Crippen LogP contribution in [0.25, 0.3) is 10.1 Å². The van der Waals surface area contributed by atoms with Gasteiger partial charge in [0.15, 0.2) is 5.92 Å². The smallest absolute Gasteiger partial charge is 0.329 e. The average molecular weight is 246 g/mol. The Morgan fingerprint density at radius 1 is 1.65 bits per heavy atom. The Labute approximate surface area is 102 Å². The second kappa shape index (κ2) is 4.93. The summed E-state index contributed by atoms with van der Waals surface area (Å²) in [6.07, 6.45) is 1.61. The number of nitriles is 1. The lowest BCUT2D eigenvalue weighted by Gasteiger charge is -2.08. The number of ether oxygens (including phenoxy) is 1. The molecule has 0 bridgehead atoms. The molecule has 0 N–H and O–H groups in total. The maximum atomic E-state index is 11.7. The quantitative estimate of drug-likeness (QED) is 0.780. The van der Waals surface area contributed by atoms with Crippen molar-refractivity contribution in [2.24, 2.45) is 0 Å². The molecule has 2 heterocycles. The number of carbonyl (C=O) groups is 1. The first kappa shape index (κ1) is 11.6. The van der Waals surface area contributed by atoms with Crippen LogP contribution < -0.4 is 0 Å². The minimum absolute atomic E-state index is 0.261. The van der Waals surface area contributed by atoms with Crippen LogP contribution in [0.3, 0.4) is 0 Å². The molecule has 1 atom stereocenters. The third kappa shape index (κ3) is 2.12. The van der Waals surface area contributed by atoms with Crippen molar-refractivity contribution in [2.45, 2.75) is 12.8 Å². The number of pyridine rings is 1. The molecule has 2 aromatic rings. The molecule has 86 valence electrons. The van der Waals surface area contributed by atoms with Gasteiger partial charge in [-0.2, -0.15) is 5.26 Å². The van der Waals surface area contributed by atoms with E-state index in [-0.39, 0.29) is 6.61 Å². The minimum Gasteiger partial charge on any atom is -0.465 e. The fourth-order valence-electron chi connectivity index (χ4n) is 1.60. The van der Waals surface area contributed by atoms with Gasteiger partial charge in [-0.25, -0.2) is 0 Å². The first-order chi connectivity index (χ1) is 8.27. The molecule has 0 aliphatic rings. The van der Waals surface area contributed by atoms with E-state index in [1.54, 1.807) is 24.5 Å². The Morgan fingerprint density at radius 3 is 3.18 bits per heavy atom. The van der Waals surface area contributed by atoms with Gasteiger partial charge in [-0.1, -0.05) is 0 Å². The molecule has 17 heavy (non-hydrogen) atoms. The van der Waals surface area contributed by atoms with Crippen molar-refractivity contribution in [1.29, 1.82) is 5.26 Å². The summed E-state index contributed by atoms with van der Waals surface area (Å²) < 4.78 is 5.89. The zero-order valence-corrected chi connectivity index (χ0v) is 10.0. The molecule has 1 unspecified atom stereocenters. The van der Waals surface area contributed by atoms with E-state index >= 15 is 0 Å². The Balaban J connectivity index is 2.47. The number of rotatable bonds is 3. The van der Waals surface area contributed by atoms with Crippen molar-refractivity contribution in [2.75, 3.05) is 6.61 Å². The highest BCUT2D eigenvalue weighted by Gasteiger charge is 2.25. The molecule has 0 saturated heterocycles. The molecule has 2 rings (SSSR count). The number of thiophene rings is 1. The maximum absolute atomic E-state index is 11.7. The molecule has 0 radical (unpaired) electrons. The molecule has 0 spiro atoms. The van der Waals surface area contributed by atoms with Gasteiger partial charge in [-0.05, 0) is 24.4 Å². The Kier molecular flexibility index (Phi) is 3.35. The summed E-state index contributed by atoms with van der Waals surface area (Å²) in [5.41, 5.74) is 0.477. The number of hydrogen-bond donors (Lipinski definition) is 0. The molecule has 0 fully saturated rings. The zero-order chi connectivity index (χ0) is 12.3. The first-order valence-electron chi connectivity index (χ1n) is 5.16. The zero-order valence-electron chi connectivity index (χ0n) is 9.21. The van der Waals surface area contributed by atoms with Crippen LogP contribution in [-0.4, -0.2) is 17.6 Å². The van der Waals surface area contributed by atoms with E-state index in [2.05, 4.69) is 4.98 Å². The SMILES string of the molecule is CCOC(=O)C(C#N)c1nccc2sccc12. The minimum atomic E-state index is -0.951. The molecule has 2 aromatic heterocycles. The fraction of sp³-hybridized carbons (Fsp3) is 0.250. The summed E-state index contributed by atoms with van der Waals surface area (Å²) in [6, 6.07) is 5.68. The van der Waals surface area contributed by atoms with Gasteiger partial charge < -0.3 is 4.74 Å². The van der Waals surface area contributed by atoms with Crippen molar-refractivity contribution >= 4 is 27.4 Å². The van der Waals surface area contributed by atoms with Crippen LogP contribution in [0, 0.1) is 11.3 Å². The van der Waals surface area contributed by atoms with Crippen LogP contribution in [0.5, 0.6) is 0 Å². The van der Waals surface area contributed by atoms with Gasteiger partial charge in [0, 0.05) is 16.3 Å². The fourth-order valence-corrected chi connectivity index (χ4v) is 2.39. The Bertz CT molecular complexity index is 585. The van der Waals surface area contributed by atoms with E-state index in [1.807, 2.05) is 23.6 Å². The highest BCUT2D eigenvalue weighted by molar-refractivity contribution is 7.17. The molecule has 0 aromatic carbocycles. The monoisotopic (exact) mass is 246 g/mol. The number of carbonyl (C=O) groups excluding carboxylic acids is 1. The molecule has 0 saturated carbocycles. The third-order valence-electron chi connectivity index (χ3n) is 2.34. The first-order valence-corrected chi connectivity index (χ1v) is 6.04. The predicted molar refractivity (Wildman–Crippen MR) is 64.6 cm³/mol. The summed E-state index contributed by atoms with van der Waals surface area (Å²) in [5, 5.41) is 11.8. The van der Waals surface area contributed by atoms with Crippen LogP contribution in [0.15, 0.2) is 23.7 Å². The summed E-state index contributed by atoms with van der Waals surface area (Å²) in [7, 11) is 0. The Morgan fingerprint density at radius 2 is 2.47 bits per heavy atom. The van der Waals surface area contributed by atoms with Crippen molar-refractivity contribution in [3.8, 4) is 6.07 Å². The topological polar surface area (TPSA) is 63.0 Å². The number of hydrogen-bond acceptors (Lipinski definition) is 5. The van der Waals surface area contributed by atoms with Crippen molar-refractivity contribution in [1.82, 2.24) is 4.98 Å². The van der Waals surface area contributed by atoms with Crippen molar-refractivity contribution < 1.29 is 9.53 Å². The number of nitrogens with zero attached hydrogens (tertiary/aromatic N) is 2. The van der Waals surface area contributed by atoms with E-state index in [0.717, 1.165) is 10.1 Å². The molecule has 0 aliphatic carbocycles. The summed E-state index contributed by atoms with van der Waals surface area (Å²) in [5.74, 6) is -1.49. The molecule has 5 heteroatoms. The van der Waals surface area contributed by atoms with Crippen LogP contribution in [0.2, 0.25) is 0 Å². The lowest BCUT2D eigenvalue weighted by molar-refractivity contribution is -0.143. The molecule has 0 aliphatic heterocycles. The molecular formula is C12H10N2O2S. The van der Waals surface area contributed by atoms with Gasteiger partial charge in [0.2, 0.25) is 0 Å². The van der Waals surface area contributed by atoms with E-state index in [1.165, 1.54) is 0 Å². The number of aromatic nitrogens is 1. The third-order valence-corrected chi connectivity index (χ3v) is 3.22. The van der Waals surface area contributed by atoms with Crippen LogP contribution in [0.4, 0.5) is 0 Å². The standard InChI is InChI=1S/C12H10N2O2S/c1-2-16-12(15)9(7-13)11-8-4-6-17-10(8)3-5-14-11/h3-6,9H,2H2,1H3. The van der Waals surface area contributed by atoms with Gasteiger partial charge in [-0.15, -0.1) is 11.3 Å². The number of fused-ring (bicyclic) bond motifs is 1.